The van der Waals surface area contributed by atoms with Crippen LogP contribution in [0.5, 0.6) is 0 Å². The number of nitrogens with zero attached hydrogens (tertiary/aromatic N) is 5. The van der Waals surface area contributed by atoms with Crippen molar-refractivity contribution in [1.29, 1.82) is 0 Å². The van der Waals surface area contributed by atoms with Gasteiger partial charge in [-0.05, 0) is 43.3 Å². The average Bonchev–Trinajstić information content (AvgIpc) is 3.15. The number of pyridine rings is 2. The molecule has 1 amide bonds. The summed E-state index contributed by atoms with van der Waals surface area (Å²) in [6.45, 7) is 1.74. The first kappa shape index (κ1) is 19.4. The summed E-state index contributed by atoms with van der Waals surface area (Å²) in [6, 6.07) is 13.7. The minimum Gasteiger partial charge on any atom is -0.299 e. The Labute approximate surface area is 171 Å². The number of hydrogen-bond donors (Lipinski definition) is 0. The summed E-state index contributed by atoms with van der Waals surface area (Å²) in [5.41, 5.74) is 1.34. The third-order valence-corrected chi connectivity index (χ3v) is 4.60. The normalized spacial score (nSPS) is 10.8. The summed E-state index contributed by atoms with van der Waals surface area (Å²) in [5.74, 6) is -1.49. The van der Waals surface area contributed by atoms with Crippen LogP contribution in [0.15, 0.2) is 73.2 Å². The van der Waals surface area contributed by atoms with E-state index in [1.807, 2.05) is 6.07 Å². The molecule has 8 heteroatoms. The lowest BCUT2D eigenvalue weighted by Gasteiger charge is -2.23. The average molecular weight is 405 g/mol. The van der Waals surface area contributed by atoms with Crippen molar-refractivity contribution in [2.24, 2.45) is 0 Å². The number of rotatable bonds is 5. The second-order valence-electron chi connectivity index (χ2n) is 6.55. The van der Waals surface area contributed by atoms with Gasteiger partial charge in [0.15, 0.2) is 5.82 Å². The Kier molecular flexibility index (Phi) is 5.30. The van der Waals surface area contributed by atoms with Gasteiger partial charge in [0.25, 0.3) is 5.91 Å². The van der Waals surface area contributed by atoms with E-state index in [-0.39, 0.29) is 17.8 Å². The van der Waals surface area contributed by atoms with Gasteiger partial charge in [0.2, 0.25) is 0 Å². The molecule has 4 aromatic rings. The summed E-state index contributed by atoms with van der Waals surface area (Å²) in [6.07, 6.45) is 4.63. The number of hydrogen-bond acceptors (Lipinski definition) is 4. The molecule has 0 saturated heterocycles. The smallest absolute Gasteiger partial charge is 0.262 e. The van der Waals surface area contributed by atoms with Crippen molar-refractivity contribution in [3.8, 4) is 5.82 Å². The molecule has 0 atom stereocenters. The number of aromatic nitrogens is 4. The maximum absolute atomic E-state index is 14.6. The molecule has 0 saturated carbocycles. The third kappa shape index (κ3) is 3.80. The predicted octanol–water partition coefficient (Wildman–Crippen LogP) is 4.10. The van der Waals surface area contributed by atoms with Gasteiger partial charge >= 0.3 is 0 Å². The molecule has 0 unspecified atom stereocenters. The Morgan fingerprint density at radius 2 is 1.80 bits per heavy atom. The van der Waals surface area contributed by atoms with Crippen LogP contribution in [-0.2, 0) is 6.54 Å². The van der Waals surface area contributed by atoms with E-state index in [4.69, 9.17) is 0 Å². The molecule has 0 aliphatic rings. The molecule has 0 radical (unpaired) electrons. The fourth-order valence-corrected chi connectivity index (χ4v) is 3.10. The number of halogens is 2. The fraction of sp³-hybridized carbons (Fsp3) is 0.0909. The van der Waals surface area contributed by atoms with Crippen LogP contribution in [0.1, 0.15) is 21.7 Å². The quantitative estimate of drug-likeness (QED) is 0.502. The Bertz CT molecular complexity index is 1180. The molecule has 0 aliphatic heterocycles. The minimum absolute atomic E-state index is 0.0103. The van der Waals surface area contributed by atoms with Gasteiger partial charge < -0.3 is 0 Å². The SMILES string of the molecule is Cc1c(C(=O)N(Cc2ccccn2)c2ccc(F)cc2F)cnn1-c1ccccn1. The summed E-state index contributed by atoms with van der Waals surface area (Å²) in [5, 5.41) is 4.26. The summed E-state index contributed by atoms with van der Waals surface area (Å²) in [7, 11) is 0. The van der Waals surface area contributed by atoms with Crippen molar-refractivity contribution in [2.45, 2.75) is 13.5 Å². The molecular weight excluding hydrogens is 388 g/mol. The summed E-state index contributed by atoms with van der Waals surface area (Å²) >= 11 is 0. The molecule has 0 spiro atoms. The Hall–Kier alpha value is -3.94. The lowest BCUT2D eigenvalue weighted by atomic mass is 10.1. The molecule has 3 heterocycles. The largest absolute Gasteiger partial charge is 0.299 e. The highest BCUT2D eigenvalue weighted by Gasteiger charge is 2.25. The Balaban J connectivity index is 1.75. The number of carbonyl (C=O) groups is 1. The monoisotopic (exact) mass is 405 g/mol. The van der Waals surface area contributed by atoms with Gasteiger partial charge in [-0.1, -0.05) is 12.1 Å². The molecular formula is C22H17F2N5O. The van der Waals surface area contributed by atoms with Crippen LogP contribution in [0.2, 0.25) is 0 Å². The molecule has 0 bridgehead atoms. The lowest BCUT2D eigenvalue weighted by molar-refractivity contribution is 0.0983. The number of carbonyl (C=O) groups excluding carboxylic acids is 1. The minimum atomic E-state index is -0.839. The van der Waals surface area contributed by atoms with Crippen LogP contribution >= 0.6 is 0 Å². The van der Waals surface area contributed by atoms with E-state index in [2.05, 4.69) is 15.1 Å². The molecule has 6 nitrogen and oxygen atoms in total. The van der Waals surface area contributed by atoms with Crippen LogP contribution in [0.25, 0.3) is 5.82 Å². The van der Waals surface area contributed by atoms with Crippen molar-refractivity contribution in [2.75, 3.05) is 4.90 Å². The van der Waals surface area contributed by atoms with Crippen molar-refractivity contribution in [3.05, 3.63) is 102 Å². The third-order valence-electron chi connectivity index (χ3n) is 4.60. The zero-order chi connectivity index (χ0) is 21.1. The molecule has 1 aromatic carbocycles. The van der Waals surface area contributed by atoms with E-state index in [0.29, 0.717) is 17.2 Å². The van der Waals surface area contributed by atoms with Crippen LogP contribution in [0.3, 0.4) is 0 Å². The highest BCUT2D eigenvalue weighted by atomic mass is 19.1. The number of benzene rings is 1. The Morgan fingerprint density at radius 1 is 1.03 bits per heavy atom. The lowest BCUT2D eigenvalue weighted by Crippen LogP contribution is -2.32. The molecule has 150 valence electrons. The Morgan fingerprint density at radius 3 is 2.47 bits per heavy atom. The van der Waals surface area contributed by atoms with Gasteiger partial charge in [0.05, 0.1) is 35.4 Å². The molecule has 4 rings (SSSR count). The van der Waals surface area contributed by atoms with E-state index in [0.717, 1.165) is 12.1 Å². The van der Waals surface area contributed by atoms with E-state index >= 15 is 0 Å². The van der Waals surface area contributed by atoms with Crippen LogP contribution < -0.4 is 4.90 Å². The predicted molar refractivity (Wildman–Crippen MR) is 107 cm³/mol. The first-order valence-electron chi connectivity index (χ1n) is 9.17. The van der Waals surface area contributed by atoms with E-state index < -0.39 is 17.5 Å². The summed E-state index contributed by atoms with van der Waals surface area (Å²) < 4.78 is 29.5. The highest BCUT2D eigenvalue weighted by molar-refractivity contribution is 6.06. The van der Waals surface area contributed by atoms with Gasteiger partial charge in [0.1, 0.15) is 11.6 Å². The maximum atomic E-state index is 14.6. The van der Waals surface area contributed by atoms with Gasteiger partial charge in [-0.2, -0.15) is 5.10 Å². The standard InChI is InChI=1S/C22H17F2N5O/c1-15-18(13-27-29(15)21-7-3-5-11-26-21)22(30)28(14-17-6-2-4-10-25-17)20-9-8-16(23)12-19(20)24/h2-13H,14H2,1H3. The molecule has 30 heavy (non-hydrogen) atoms. The maximum Gasteiger partial charge on any atom is 0.262 e. The fourth-order valence-electron chi connectivity index (χ4n) is 3.10. The zero-order valence-corrected chi connectivity index (χ0v) is 16.0. The number of amides is 1. The van der Waals surface area contributed by atoms with Crippen molar-refractivity contribution >= 4 is 11.6 Å². The van der Waals surface area contributed by atoms with E-state index in [1.54, 1.807) is 49.6 Å². The van der Waals surface area contributed by atoms with Crippen LogP contribution in [0.4, 0.5) is 14.5 Å². The van der Waals surface area contributed by atoms with Gasteiger partial charge in [-0.15, -0.1) is 0 Å². The second kappa shape index (κ2) is 8.20. The molecule has 3 aromatic heterocycles. The topological polar surface area (TPSA) is 63.9 Å². The first-order valence-corrected chi connectivity index (χ1v) is 9.17. The first-order chi connectivity index (χ1) is 14.5. The van der Waals surface area contributed by atoms with Crippen LogP contribution in [-0.4, -0.2) is 25.7 Å². The van der Waals surface area contributed by atoms with Gasteiger partial charge in [-0.3, -0.25) is 14.7 Å². The van der Waals surface area contributed by atoms with E-state index in [1.165, 1.54) is 21.8 Å². The number of anilines is 1. The van der Waals surface area contributed by atoms with Crippen molar-refractivity contribution in [3.63, 3.8) is 0 Å². The van der Waals surface area contributed by atoms with E-state index in [9.17, 15) is 13.6 Å². The van der Waals surface area contributed by atoms with Gasteiger partial charge in [0, 0.05) is 18.5 Å². The second-order valence-corrected chi connectivity index (χ2v) is 6.55. The molecule has 0 N–H and O–H groups in total. The summed E-state index contributed by atoms with van der Waals surface area (Å²) in [4.78, 5) is 23.1. The van der Waals surface area contributed by atoms with Gasteiger partial charge in [-0.25, -0.2) is 18.4 Å². The molecule has 0 fully saturated rings. The zero-order valence-electron chi connectivity index (χ0n) is 16.0. The van der Waals surface area contributed by atoms with Crippen molar-refractivity contribution < 1.29 is 13.6 Å². The molecule has 0 aliphatic carbocycles. The van der Waals surface area contributed by atoms with Crippen LogP contribution in [0, 0.1) is 18.6 Å². The van der Waals surface area contributed by atoms with Crippen molar-refractivity contribution in [1.82, 2.24) is 19.7 Å². The highest BCUT2D eigenvalue weighted by Crippen LogP contribution is 2.25.